The predicted octanol–water partition coefficient (Wildman–Crippen LogP) is 3.14. The van der Waals surface area contributed by atoms with Crippen LogP contribution < -0.4 is 5.32 Å². The Morgan fingerprint density at radius 3 is 2.15 bits per heavy atom. The molecule has 1 N–H and O–H groups in total. The molecule has 0 radical (unpaired) electrons. The van der Waals surface area contributed by atoms with Gasteiger partial charge in [0.2, 0.25) is 5.91 Å². The largest absolute Gasteiger partial charge is 0.336 e. The first-order chi connectivity index (χ1) is 12.1. The Balaban J connectivity index is 2.30. The second-order valence-corrected chi connectivity index (χ2v) is 7.51. The van der Waals surface area contributed by atoms with Gasteiger partial charge in [0.1, 0.15) is 12.1 Å². The van der Waals surface area contributed by atoms with Gasteiger partial charge in [-0.25, -0.2) is 4.79 Å². The van der Waals surface area contributed by atoms with Crippen molar-refractivity contribution in [3.8, 4) is 0 Å². The molecule has 0 saturated carbocycles. The van der Waals surface area contributed by atoms with E-state index in [1.165, 1.54) is 0 Å². The van der Waals surface area contributed by atoms with Crippen molar-refractivity contribution in [2.45, 2.75) is 58.7 Å². The van der Waals surface area contributed by atoms with E-state index in [2.05, 4.69) is 5.32 Å². The Morgan fingerprint density at radius 2 is 1.69 bits per heavy atom. The molecule has 1 heterocycles. The first kappa shape index (κ1) is 20.2. The summed E-state index contributed by atoms with van der Waals surface area (Å²) in [6, 6.07) is 6.23. The van der Waals surface area contributed by atoms with Gasteiger partial charge in [-0.1, -0.05) is 30.7 Å². The fourth-order valence-corrected chi connectivity index (χ4v) is 3.66. The van der Waals surface area contributed by atoms with E-state index in [0.717, 1.165) is 4.90 Å². The summed E-state index contributed by atoms with van der Waals surface area (Å²) in [4.78, 5) is 41.0. The first-order valence-corrected chi connectivity index (χ1v) is 9.23. The van der Waals surface area contributed by atoms with Crippen LogP contribution in [0.4, 0.5) is 4.79 Å². The molecule has 1 aliphatic heterocycles. The molecule has 1 aromatic carbocycles. The van der Waals surface area contributed by atoms with Crippen LogP contribution in [-0.2, 0) is 15.1 Å². The molecule has 7 heteroatoms. The maximum Gasteiger partial charge on any atom is 0.325 e. The van der Waals surface area contributed by atoms with E-state index in [1.807, 2.05) is 34.6 Å². The van der Waals surface area contributed by atoms with E-state index in [0.29, 0.717) is 17.0 Å². The van der Waals surface area contributed by atoms with Gasteiger partial charge in [0.05, 0.1) is 0 Å². The lowest BCUT2D eigenvalue weighted by molar-refractivity contribution is -0.141. The number of rotatable bonds is 6. The third kappa shape index (κ3) is 3.56. The molecule has 1 aromatic rings. The van der Waals surface area contributed by atoms with Gasteiger partial charge in [0.15, 0.2) is 0 Å². The van der Waals surface area contributed by atoms with E-state index in [9.17, 15) is 14.4 Å². The standard InChI is InChI=1S/C19H26ClN3O3/c1-6-19(14-7-9-15(20)10-8-14)17(25)22(18(26)21-19)11-16(24)23(12(2)3)13(4)5/h7-10,12-13H,6,11H2,1-5H3,(H,21,26)/t19-/m0/s1. The van der Waals surface area contributed by atoms with Crippen LogP contribution in [-0.4, -0.2) is 46.3 Å². The summed E-state index contributed by atoms with van der Waals surface area (Å²) in [5.41, 5.74) is -0.509. The zero-order chi connectivity index (χ0) is 19.6. The van der Waals surface area contributed by atoms with Crippen molar-refractivity contribution in [1.82, 2.24) is 15.1 Å². The van der Waals surface area contributed by atoms with Crippen molar-refractivity contribution in [2.24, 2.45) is 0 Å². The number of halogens is 1. The van der Waals surface area contributed by atoms with Gasteiger partial charge in [-0.15, -0.1) is 0 Å². The molecule has 0 spiro atoms. The molecule has 6 nitrogen and oxygen atoms in total. The Hall–Kier alpha value is -2.08. The number of nitrogens with one attached hydrogen (secondary N) is 1. The number of imide groups is 1. The highest BCUT2D eigenvalue weighted by Gasteiger charge is 2.51. The average Bonchev–Trinajstić information content (AvgIpc) is 2.80. The van der Waals surface area contributed by atoms with Crippen LogP contribution >= 0.6 is 11.6 Å². The Bertz CT molecular complexity index is 694. The highest BCUT2D eigenvalue weighted by molar-refractivity contribution is 6.30. The highest BCUT2D eigenvalue weighted by atomic mass is 35.5. The summed E-state index contributed by atoms with van der Waals surface area (Å²) in [5, 5.41) is 3.33. The lowest BCUT2D eigenvalue weighted by Crippen LogP contribution is -2.49. The first-order valence-electron chi connectivity index (χ1n) is 8.85. The monoisotopic (exact) mass is 379 g/mol. The zero-order valence-electron chi connectivity index (χ0n) is 15.9. The molecule has 4 amide bonds. The SMILES string of the molecule is CC[C@@]1(c2ccc(Cl)cc2)NC(=O)N(CC(=O)N(C(C)C)C(C)C)C1=O. The van der Waals surface area contributed by atoms with Gasteiger partial charge in [-0.05, 0) is 51.8 Å². The van der Waals surface area contributed by atoms with Gasteiger partial charge in [0.25, 0.3) is 5.91 Å². The van der Waals surface area contributed by atoms with Crippen LogP contribution in [0, 0.1) is 0 Å². The minimum Gasteiger partial charge on any atom is -0.336 e. The minimum atomic E-state index is -1.16. The summed E-state index contributed by atoms with van der Waals surface area (Å²) < 4.78 is 0. The van der Waals surface area contributed by atoms with E-state index in [-0.39, 0.29) is 24.5 Å². The molecular formula is C19H26ClN3O3. The van der Waals surface area contributed by atoms with E-state index in [4.69, 9.17) is 11.6 Å². The number of hydrogen-bond acceptors (Lipinski definition) is 3. The number of urea groups is 1. The summed E-state index contributed by atoms with van der Waals surface area (Å²) in [5.74, 6) is -0.658. The summed E-state index contributed by atoms with van der Waals surface area (Å²) in [7, 11) is 0. The predicted molar refractivity (Wildman–Crippen MR) is 101 cm³/mol. The number of nitrogens with zero attached hydrogens (tertiary/aromatic N) is 2. The van der Waals surface area contributed by atoms with Gasteiger partial charge in [-0.3, -0.25) is 14.5 Å². The molecule has 1 aliphatic rings. The molecular weight excluding hydrogens is 354 g/mol. The number of hydrogen-bond donors (Lipinski definition) is 1. The number of carbonyl (C=O) groups is 3. The molecule has 1 saturated heterocycles. The highest BCUT2D eigenvalue weighted by Crippen LogP contribution is 2.33. The molecule has 1 fully saturated rings. The van der Waals surface area contributed by atoms with Crippen LogP contribution in [0.3, 0.4) is 0 Å². The summed E-state index contributed by atoms with van der Waals surface area (Å²) >= 11 is 5.93. The molecule has 0 aromatic heterocycles. The fourth-order valence-electron chi connectivity index (χ4n) is 3.53. The quantitative estimate of drug-likeness (QED) is 0.772. The van der Waals surface area contributed by atoms with Crippen LogP contribution in [0.2, 0.25) is 5.02 Å². The van der Waals surface area contributed by atoms with E-state index < -0.39 is 17.5 Å². The second-order valence-electron chi connectivity index (χ2n) is 7.08. The van der Waals surface area contributed by atoms with E-state index in [1.54, 1.807) is 29.2 Å². The van der Waals surface area contributed by atoms with Gasteiger partial charge >= 0.3 is 6.03 Å². The summed E-state index contributed by atoms with van der Waals surface area (Å²) in [6.07, 6.45) is 0.377. The lowest BCUT2D eigenvalue weighted by Gasteiger charge is -2.32. The Labute approximate surface area is 159 Å². The zero-order valence-corrected chi connectivity index (χ0v) is 16.6. The Kier molecular flexibility index (Phi) is 5.96. The maximum atomic E-state index is 13.1. The minimum absolute atomic E-state index is 0.0181. The van der Waals surface area contributed by atoms with Crippen LogP contribution in [0.1, 0.15) is 46.6 Å². The van der Waals surface area contributed by atoms with Crippen molar-refractivity contribution in [2.75, 3.05) is 6.54 Å². The molecule has 0 bridgehead atoms. The molecule has 2 rings (SSSR count). The number of carbonyl (C=O) groups excluding carboxylic acids is 3. The molecule has 26 heavy (non-hydrogen) atoms. The third-order valence-corrected chi connectivity index (χ3v) is 4.99. The van der Waals surface area contributed by atoms with Crippen LogP contribution in [0.25, 0.3) is 0 Å². The fraction of sp³-hybridized carbons (Fsp3) is 0.526. The molecule has 0 unspecified atom stereocenters. The van der Waals surface area contributed by atoms with Gasteiger partial charge in [-0.2, -0.15) is 0 Å². The lowest BCUT2D eigenvalue weighted by atomic mass is 9.87. The smallest absolute Gasteiger partial charge is 0.325 e. The number of amides is 4. The number of benzene rings is 1. The average molecular weight is 380 g/mol. The second kappa shape index (κ2) is 7.66. The maximum absolute atomic E-state index is 13.1. The van der Waals surface area contributed by atoms with Crippen molar-refractivity contribution >= 4 is 29.4 Å². The molecule has 1 atom stereocenters. The normalized spacial score (nSPS) is 20.1. The van der Waals surface area contributed by atoms with Crippen molar-refractivity contribution in [1.29, 1.82) is 0 Å². The Morgan fingerprint density at radius 1 is 1.15 bits per heavy atom. The van der Waals surface area contributed by atoms with Crippen LogP contribution in [0.5, 0.6) is 0 Å². The van der Waals surface area contributed by atoms with Crippen molar-refractivity contribution in [3.05, 3.63) is 34.9 Å². The molecule has 0 aliphatic carbocycles. The van der Waals surface area contributed by atoms with E-state index >= 15 is 0 Å². The topological polar surface area (TPSA) is 69.7 Å². The van der Waals surface area contributed by atoms with Gasteiger partial charge < -0.3 is 10.2 Å². The van der Waals surface area contributed by atoms with Crippen LogP contribution in [0.15, 0.2) is 24.3 Å². The van der Waals surface area contributed by atoms with Crippen molar-refractivity contribution in [3.63, 3.8) is 0 Å². The van der Waals surface area contributed by atoms with Crippen molar-refractivity contribution < 1.29 is 14.4 Å². The third-order valence-electron chi connectivity index (χ3n) is 4.74. The van der Waals surface area contributed by atoms with Gasteiger partial charge in [0, 0.05) is 17.1 Å². The molecule has 142 valence electrons. The summed E-state index contributed by atoms with van der Waals surface area (Å²) in [6.45, 7) is 9.20.